The molecule has 0 saturated heterocycles. The molecule has 3 nitrogen and oxygen atoms in total. The highest BCUT2D eigenvalue weighted by atomic mass is 16.2. The van der Waals surface area contributed by atoms with Gasteiger partial charge < -0.3 is 5.32 Å². The maximum absolute atomic E-state index is 11.7. The molecule has 1 fully saturated rings. The third-order valence-corrected chi connectivity index (χ3v) is 3.17. The summed E-state index contributed by atoms with van der Waals surface area (Å²) in [6.45, 7) is 7.57. The zero-order valence-corrected chi connectivity index (χ0v) is 9.35. The Hall–Kier alpha value is -1.04. The highest BCUT2D eigenvalue weighted by molar-refractivity contribution is 5.84. The molecule has 0 radical (unpaired) electrons. The lowest BCUT2D eigenvalue weighted by Crippen LogP contribution is -2.54. The summed E-state index contributed by atoms with van der Waals surface area (Å²) in [4.78, 5) is 11.7. The lowest BCUT2D eigenvalue weighted by atomic mass is 9.67. The van der Waals surface area contributed by atoms with Crippen molar-refractivity contribution in [3.63, 3.8) is 0 Å². The van der Waals surface area contributed by atoms with Gasteiger partial charge in [-0.25, -0.2) is 0 Å². The molecule has 3 heteroatoms. The van der Waals surface area contributed by atoms with Gasteiger partial charge in [0.15, 0.2) is 0 Å². The van der Waals surface area contributed by atoms with Crippen LogP contribution in [-0.2, 0) is 4.79 Å². The van der Waals surface area contributed by atoms with E-state index in [1.54, 1.807) is 13.8 Å². The van der Waals surface area contributed by atoms with Crippen molar-refractivity contribution in [1.29, 1.82) is 5.26 Å². The summed E-state index contributed by atoms with van der Waals surface area (Å²) >= 11 is 0. The average Bonchev–Trinajstić information content (AvgIpc) is 2.12. The van der Waals surface area contributed by atoms with Gasteiger partial charge in [-0.1, -0.05) is 13.8 Å². The zero-order chi connectivity index (χ0) is 11.0. The van der Waals surface area contributed by atoms with Crippen LogP contribution < -0.4 is 5.32 Å². The van der Waals surface area contributed by atoms with E-state index in [1.165, 1.54) is 0 Å². The van der Waals surface area contributed by atoms with Crippen LogP contribution in [0.15, 0.2) is 0 Å². The molecule has 0 heterocycles. The van der Waals surface area contributed by atoms with Gasteiger partial charge >= 0.3 is 0 Å². The highest BCUT2D eigenvalue weighted by Gasteiger charge is 2.41. The van der Waals surface area contributed by atoms with Crippen LogP contribution in [0.1, 0.15) is 40.5 Å². The fourth-order valence-corrected chi connectivity index (χ4v) is 1.52. The molecule has 0 aromatic heterocycles. The number of carbonyl (C=O) groups excluding carboxylic acids is 1. The largest absolute Gasteiger partial charge is 0.351 e. The summed E-state index contributed by atoms with van der Waals surface area (Å²) in [6.07, 6.45) is 2.17. The van der Waals surface area contributed by atoms with Crippen LogP contribution in [0.2, 0.25) is 0 Å². The molecule has 0 aromatic rings. The number of nitriles is 1. The lowest BCUT2D eigenvalue weighted by Gasteiger charge is -2.45. The minimum Gasteiger partial charge on any atom is -0.351 e. The summed E-state index contributed by atoms with van der Waals surface area (Å²) in [5, 5.41) is 11.7. The van der Waals surface area contributed by atoms with E-state index in [2.05, 4.69) is 19.2 Å². The highest BCUT2D eigenvalue weighted by Crippen LogP contribution is 2.40. The van der Waals surface area contributed by atoms with Crippen LogP contribution in [-0.4, -0.2) is 11.9 Å². The van der Waals surface area contributed by atoms with Crippen molar-refractivity contribution < 1.29 is 4.79 Å². The fraction of sp³-hybridized carbons (Fsp3) is 0.818. The number of hydrogen-bond acceptors (Lipinski definition) is 2. The monoisotopic (exact) mass is 194 g/mol. The van der Waals surface area contributed by atoms with Crippen molar-refractivity contribution >= 4 is 5.91 Å². The summed E-state index contributed by atoms with van der Waals surface area (Å²) in [5.74, 6) is -0.155. The van der Waals surface area contributed by atoms with Gasteiger partial charge in [0, 0.05) is 6.04 Å². The van der Waals surface area contributed by atoms with Crippen LogP contribution in [0.5, 0.6) is 0 Å². The molecule has 1 unspecified atom stereocenters. The zero-order valence-electron chi connectivity index (χ0n) is 9.35. The van der Waals surface area contributed by atoms with Crippen molar-refractivity contribution in [2.24, 2.45) is 10.8 Å². The van der Waals surface area contributed by atoms with Gasteiger partial charge in [-0.2, -0.15) is 5.26 Å². The van der Waals surface area contributed by atoms with Gasteiger partial charge in [-0.05, 0) is 32.1 Å². The Labute approximate surface area is 85.5 Å². The summed E-state index contributed by atoms with van der Waals surface area (Å²) in [6, 6.07) is 2.25. The molecule has 1 aliphatic rings. The predicted molar refractivity (Wildman–Crippen MR) is 54.3 cm³/mol. The molecular formula is C11H18N2O. The number of amides is 1. The quantitative estimate of drug-likeness (QED) is 0.729. The number of rotatable bonds is 2. The topological polar surface area (TPSA) is 52.9 Å². The van der Waals surface area contributed by atoms with Gasteiger partial charge in [0.25, 0.3) is 0 Å². The van der Waals surface area contributed by atoms with E-state index in [-0.39, 0.29) is 17.4 Å². The predicted octanol–water partition coefficient (Wildman–Crippen LogP) is 1.84. The third kappa shape index (κ3) is 1.89. The van der Waals surface area contributed by atoms with Crippen LogP contribution in [0.3, 0.4) is 0 Å². The Balaban J connectivity index is 2.55. The van der Waals surface area contributed by atoms with Gasteiger partial charge in [-0.15, -0.1) is 0 Å². The van der Waals surface area contributed by atoms with E-state index in [4.69, 9.17) is 5.26 Å². The van der Waals surface area contributed by atoms with Crippen molar-refractivity contribution in [2.45, 2.75) is 46.6 Å². The summed E-state index contributed by atoms with van der Waals surface area (Å²) in [7, 11) is 0. The Morgan fingerprint density at radius 3 is 2.43 bits per heavy atom. The van der Waals surface area contributed by atoms with Gasteiger partial charge in [0.2, 0.25) is 5.91 Å². The van der Waals surface area contributed by atoms with Gasteiger partial charge in [0.1, 0.15) is 5.41 Å². The van der Waals surface area contributed by atoms with Crippen LogP contribution >= 0.6 is 0 Å². The third-order valence-electron chi connectivity index (χ3n) is 3.17. The Bertz CT molecular complexity index is 286. The first-order chi connectivity index (χ1) is 6.29. The second-order valence-corrected chi connectivity index (χ2v) is 5.29. The fourth-order valence-electron chi connectivity index (χ4n) is 1.52. The van der Waals surface area contributed by atoms with E-state index in [1.807, 2.05) is 6.07 Å². The maximum atomic E-state index is 11.7. The minimum absolute atomic E-state index is 0.155. The van der Waals surface area contributed by atoms with Crippen LogP contribution in [0.4, 0.5) is 0 Å². The first-order valence-corrected chi connectivity index (χ1v) is 5.02. The second-order valence-electron chi connectivity index (χ2n) is 5.29. The van der Waals surface area contributed by atoms with E-state index >= 15 is 0 Å². The second kappa shape index (κ2) is 3.27. The number of carbonyl (C=O) groups is 1. The van der Waals surface area contributed by atoms with Crippen molar-refractivity contribution in [3.8, 4) is 6.07 Å². The maximum Gasteiger partial charge on any atom is 0.240 e. The Morgan fingerprint density at radius 2 is 2.14 bits per heavy atom. The van der Waals surface area contributed by atoms with Crippen molar-refractivity contribution in [1.82, 2.24) is 5.32 Å². The molecule has 1 saturated carbocycles. The molecule has 1 amide bonds. The van der Waals surface area contributed by atoms with E-state index in [0.717, 1.165) is 12.8 Å². The van der Waals surface area contributed by atoms with E-state index < -0.39 is 5.41 Å². The smallest absolute Gasteiger partial charge is 0.240 e. The van der Waals surface area contributed by atoms with Crippen LogP contribution in [0.25, 0.3) is 0 Å². The first kappa shape index (κ1) is 11.0. The summed E-state index contributed by atoms with van der Waals surface area (Å²) in [5.41, 5.74) is -0.715. The number of nitrogens with zero attached hydrogens (tertiary/aromatic N) is 1. The van der Waals surface area contributed by atoms with Gasteiger partial charge in [-0.3, -0.25) is 4.79 Å². The molecule has 1 atom stereocenters. The molecule has 14 heavy (non-hydrogen) atoms. The molecule has 0 aliphatic heterocycles. The van der Waals surface area contributed by atoms with Crippen molar-refractivity contribution in [3.05, 3.63) is 0 Å². The molecule has 1 aliphatic carbocycles. The van der Waals surface area contributed by atoms with Crippen LogP contribution in [0, 0.1) is 22.2 Å². The summed E-state index contributed by atoms with van der Waals surface area (Å²) < 4.78 is 0. The van der Waals surface area contributed by atoms with Crippen molar-refractivity contribution in [2.75, 3.05) is 0 Å². The average molecular weight is 194 g/mol. The lowest BCUT2D eigenvalue weighted by molar-refractivity contribution is -0.129. The van der Waals surface area contributed by atoms with E-state index in [9.17, 15) is 4.79 Å². The minimum atomic E-state index is -0.911. The molecule has 78 valence electrons. The molecule has 0 aromatic carbocycles. The van der Waals surface area contributed by atoms with Gasteiger partial charge in [0.05, 0.1) is 6.07 Å². The number of hydrogen-bond donors (Lipinski definition) is 1. The Kier molecular flexibility index (Phi) is 2.58. The Morgan fingerprint density at radius 1 is 1.57 bits per heavy atom. The molecule has 0 bridgehead atoms. The normalized spacial score (nSPS) is 24.6. The first-order valence-electron chi connectivity index (χ1n) is 5.02. The molecule has 1 N–H and O–H groups in total. The molecule has 1 rings (SSSR count). The SMILES string of the molecule is CC(C)(C#N)C(=O)NC1CCC1(C)C. The molecular weight excluding hydrogens is 176 g/mol. The standard InChI is InChI=1S/C11H18N2O/c1-10(2)6-5-8(10)13-9(14)11(3,4)7-12/h8H,5-6H2,1-4H3,(H,13,14). The number of nitrogens with one attached hydrogen (secondary N) is 1. The van der Waals surface area contributed by atoms with E-state index in [0.29, 0.717) is 0 Å². The molecule has 0 spiro atoms.